The monoisotopic (exact) mass is 270 g/mol. The first kappa shape index (κ1) is 12.9. The highest BCUT2D eigenvalue weighted by molar-refractivity contribution is 5.64. The summed E-state index contributed by atoms with van der Waals surface area (Å²) in [5, 5.41) is 0. The van der Waals surface area contributed by atoms with Crippen LogP contribution in [0.2, 0.25) is 0 Å². The molecule has 1 aromatic heterocycles. The number of benzene rings is 1. The number of hydrogen-bond acceptors (Lipinski definition) is 5. The fourth-order valence-corrected chi connectivity index (χ4v) is 2.40. The Morgan fingerprint density at radius 3 is 2.45 bits per heavy atom. The third-order valence-corrected chi connectivity index (χ3v) is 3.41. The average molecular weight is 270 g/mol. The molecule has 20 heavy (non-hydrogen) atoms. The first-order chi connectivity index (χ1) is 9.72. The molecule has 0 radical (unpaired) electrons. The molecule has 0 amide bonds. The highest BCUT2D eigenvalue weighted by Crippen LogP contribution is 2.23. The average Bonchev–Trinajstić information content (AvgIpc) is 2.47. The molecule has 2 aromatic rings. The van der Waals surface area contributed by atoms with Gasteiger partial charge in [0, 0.05) is 30.0 Å². The van der Waals surface area contributed by atoms with Gasteiger partial charge in [-0.25, -0.2) is 9.97 Å². The molecular weight excluding hydrogens is 252 g/mol. The van der Waals surface area contributed by atoms with Crippen LogP contribution in [-0.4, -0.2) is 36.3 Å². The summed E-state index contributed by atoms with van der Waals surface area (Å²) in [5.41, 5.74) is 9.72. The zero-order chi connectivity index (χ0) is 13.9. The van der Waals surface area contributed by atoms with Gasteiger partial charge in [0.25, 0.3) is 0 Å². The summed E-state index contributed by atoms with van der Waals surface area (Å²) >= 11 is 0. The predicted molar refractivity (Wildman–Crippen MR) is 79.6 cm³/mol. The van der Waals surface area contributed by atoms with Crippen molar-refractivity contribution in [1.29, 1.82) is 0 Å². The molecule has 0 saturated carbocycles. The van der Waals surface area contributed by atoms with Crippen molar-refractivity contribution in [3.05, 3.63) is 36.0 Å². The van der Waals surface area contributed by atoms with Gasteiger partial charge in [0.2, 0.25) is 5.95 Å². The Morgan fingerprint density at radius 1 is 1.10 bits per heavy atom. The van der Waals surface area contributed by atoms with Gasteiger partial charge in [-0.2, -0.15) is 0 Å². The van der Waals surface area contributed by atoms with E-state index in [4.69, 9.17) is 10.5 Å². The quantitative estimate of drug-likeness (QED) is 0.902. The van der Waals surface area contributed by atoms with Gasteiger partial charge in [0.15, 0.2) is 0 Å². The highest BCUT2D eigenvalue weighted by atomic mass is 16.5. The summed E-state index contributed by atoms with van der Waals surface area (Å²) in [5.74, 6) is 0.317. The lowest BCUT2D eigenvalue weighted by atomic mass is 10.1. The fraction of sp³-hybridized carbons (Fsp3) is 0.333. The second-order valence-electron chi connectivity index (χ2n) is 4.90. The number of nitrogens with two attached hydrogens (primary N) is 1. The summed E-state index contributed by atoms with van der Waals surface area (Å²) in [6.07, 6.45) is 0. The van der Waals surface area contributed by atoms with Crippen molar-refractivity contribution in [2.24, 2.45) is 0 Å². The van der Waals surface area contributed by atoms with E-state index in [0.29, 0.717) is 5.95 Å². The number of hydrogen-bond donors (Lipinski definition) is 1. The summed E-state index contributed by atoms with van der Waals surface area (Å²) in [6, 6.07) is 10.3. The number of nitrogen functional groups attached to an aromatic ring is 1. The first-order valence-corrected chi connectivity index (χ1v) is 6.77. The van der Waals surface area contributed by atoms with Gasteiger partial charge in [-0.05, 0) is 25.1 Å². The Bertz CT molecular complexity index is 571. The van der Waals surface area contributed by atoms with E-state index < -0.39 is 0 Å². The highest BCUT2D eigenvalue weighted by Gasteiger charge is 2.11. The molecule has 1 aromatic carbocycles. The van der Waals surface area contributed by atoms with Gasteiger partial charge in [0.1, 0.15) is 0 Å². The molecule has 0 spiro atoms. The Kier molecular flexibility index (Phi) is 3.52. The van der Waals surface area contributed by atoms with E-state index >= 15 is 0 Å². The van der Waals surface area contributed by atoms with E-state index in [1.807, 2.05) is 13.0 Å². The standard InChI is InChI=1S/C15H18N4O/c1-11-10-14(18-15(16)17-11)12-2-4-13(5-3-12)19-6-8-20-9-7-19/h2-5,10H,6-9H2,1H3,(H2,16,17,18). The molecule has 0 aliphatic carbocycles. The van der Waals surface area contributed by atoms with Crippen LogP contribution in [0, 0.1) is 6.92 Å². The second kappa shape index (κ2) is 5.46. The SMILES string of the molecule is Cc1cc(-c2ccc(N3CCOCC3)cc2)nc(N)n1. The van der Waals surface area contributed by atoms with Crippen molar-refractivity contribution >= 4 is 11.6 Å². The number of rotatable bonds is 2. The minimum Gasteiger partial charge on any atom is -0.378 e. The summed E-state index contributed by atoms with van der Waals surface area (Å²) in [4.78, 5) is 10.7. The van der Waals surface area contributed by atoms with Gasteiger partial charge in [-0.1, -0.05) is 12.1 Å². The minimum atomic E-state index is 0.317. The molecule has 104 valence electrons. The number of ether oxygens (including phenoxy) is 1. The largest absolute Gasteiger partial charge is 0.378 e. The van der Waals surface area contributed by atoms with Crippen molar-refractivity contribution in [3.8, 4) is 11.3 Å². The van der Waals surface area contributed by atoms with E-state index in [9.17, 15) is 0 Å². The molecular formula is C15H18N4O. The van der Waals surface area contributed by atoms with E-state index in [1.165, 1.54) is 5.69 Å². The number of anilines is 2. The van der Waals surface area contributed by atoms with Crippen molar-refractivity contribution in [2.45, 2.75) is 6.92 Å². The number of nitrogens with zero attached hydrogens (tertiary/aromatic N) is 3. The molecule has 5 heteroatoms. The van der Waals surface area contributed by atoms with Crippen molar-refractivity contribution in [3.63, 3.8) is 0 Å². The molecule has 1 aliphatic rings. The lowest BCUT2D eigenvalue weighted by Crippen LogP contribution is -2.36. The second-order valence-corrected chi connectivity index (χ2v) is 4.90. The van der Waals surface area contributed by atoms with Crippen LogP contribution >= 0.6 is 0 Å². The summed E-state index contributed by atoms with van der Waals surface area (Å²) in [6.45, 7) is 5.40. The molecule has 3 rings (SSSR count). The lowest BCUT2D eigenvalue weighted by Gasteiger charge is -2.28. The molecule has 1 fully saturated rings. The van der Waals surface area contributed by atoms with Crippen molar-refractivity contribution < 1.29 is 4.74 Å². The maximum absolute atomic E-state index is 5.70. The zero-order valence-electron chi connectivity index (χ0n) is 11.5. The molecule has 0 unspecified atom stereocenters. The van der Waals surface area contributed by atoms with Gasteiger partial charge in [-0.15, -0.1) is 0 Å². The number of aromatic nitrogens is 2. The van der Waals surface area contributed by atoms with Gasteiger partial charge >= 0.3 is 0 Å². The molecule has 2 heterocycles. The molecule has 0 bridgehead atoms. The normalized spacial score (nSPS) is 15.3. The van der Waals surface area contributed by atoms with Crippen LogP contribution in [0.3, 0.4) is 0 Å². The molecule has 1 saturated heterocycles. The third kappa shape index (κ3) is 2.72. The van der Waals surface area contributed by atoms with E-state index in [-0.39, 0.29) is 0 Å². The Labute approximate surface area is 118 Å². The van der Waals surface area contributed by atoms with Crippen LogP contribution in [0.5, 0.6) is 0 Å². The first-order valence-electron chi connectivity index (χ1n) is 6.77. The fourth-order valence-electron chi connectivity index (χ4n) is 2.40. The van der Waals surface area contributed by atoms with E-state index in [0.717, 1.165) is 43.3 Å². The third-order valence-electron chi connectivity index (χ3n) is 3.41. The van der Waals surface area contributed by atoms with Crippen LogP contribution < -0.4 is 10.6 Å². The maximum atomic E-state index is 5.70. The van der Waals surface area contributed by atoms with Gasteiger partial charge < -0.3 is 15.4 Å². The lowest BCUT2D eigenvalue weighted by molar-refractivity contribution is 0.122. The zero-order valence-corrected chi connectivity index (χ0v) is 11.5. The van der Waals surface area contributed by atoms with E-state index in [1.54, 1.807) is 0 Å². The van der Waals surface area contributed by atoms with Crippen molar-refractivity contribution in [1.82, 2.24) is 9.97 Å². The smallest absolute Gasteiger partial charge is 0.220 e. The number of aryl methyl sites for hydroxylation is 1. The van der Waals surface area contributed by atoms with Crippen LogP contribution in [0.25, 0.3) is 11.3 Å². The molecule has 0 atom stereocenters. The minimum absolute atomic E-state index is 0.317. The van der Waals surface area contributed by atoms with Crippen molar-refractivity contribution in [2.75, 3.05) is 36.9 Å². The molecule has 5 nitrogen and oxygen atoms in total. The Morgan fingerprint density at radius 2 is 1.80 bits per heavy atom. The Hall–Kier alpha value is -2.14. The van der Waals surface area contributed by atoms with Gasteiger partial charge in [0.05, 0.1) is 18.9 Å². The van der Waals surface area contributed by atoms with Crippen LogP contribution in [-0.2, 0) is 4.74 Å². The van der Waals surface area contributed by atoms with Crippen LogP contribution in [0.15, 0.2) is 30.3 Å². The predicted octanol–water partition coefficient (Wildman–Crippen LogP) is 1.87. The van der Waals surface area contributed by atoms with Gasteiger partial charge in [-0.3, -0.25) is 0 Å². The van der Waals surface area contributed by atoms with Crippen LogP contribution in [0.4, 0.5) is 11.6 Å². The van der Waals surface area contributed by atoms with Crippen LogP contribution in [0.1, 0.15) is 5.69 Å². The molecule has 2 N–H and O–H groups in total. The summed E-state index contributed by atoms with van der Waals surface area (Å²) < 4.78 is 5.37. The molecule has 1 aliphatic heterocycles. The maximum Gasteiger partial charge on any atom is 0.220 e. The Balaban J connectivity index is 1.85. The number of morpholine rings is 1. The van der Waals surface area contributed by atoms with E-state index in [2.05, 4.69) is 39.1 Å². The summed E-state index contributed by atoms with van der Waals surface area (Å²) in [7, 11) is 0. The topological polar surface area (TPSA) is 64.3 Å².